The van der Waals surface area contributed by atoms with Crippen LogP contribution >= 0.6 is 0 Å². The molecule has 0 aliphatic carbocycles. The lowest BCUT2D eigenvalue weighted by molar-refractivity contribution is -0.138. The zero-order chi connectivity index (χ0) is 21.6. The van der Waals surface area contributed by atoms with E-state index >= 15 is 0 Å². The Labute approximate surface area is 171 Å². The summed E-state index contributed by atoms with van der Waals surface area (Å²) in [5, 5.41) is 5.92. The Morgan fingerprint density at radius 3 is 2.53 bits per heavy atom. The lowest BCUT2D eigenvalue weighted by atomic mass is 10.1. The highest BCUT2D eigenvalue weighted by molar-refractivity contribution is 5.79. The molecule has 5 nitrogen and oxygen atoms in total. The molecule has 2 N–H and O–H groups in total. The third-order valence-electron chi connectivity index (χ3n) is 4.42. The first kappa shape index (κ1) is 21.4. The molecule has 0 aliphatic rings. The highest BCUT2D eigenvalue weighted by Gasteiger charge is 2.33. The molecule has 9 heteroatoms. The smallest absolute Gasteiger partial charge is 0.352 e. The van der Waals surface area contributed by atoms with Crippen molar-refractivity contribution in [2.24, 2.45) is 4.99 Å². The third kappa shape index (κ3) is 5.82. The van der Waals surface area contributed by atoms with Crippen LogP contribution in [0.1, 0.15) is 22.3 Å². The van der Waals surface area contributed by atoms with Gasteiger partial charge in [-0.05, 0) is 28.8 Å². The predicted octanol–water partition coefficient (Wildman–Crippen LogP) is 3.95. The van der Waals surface area contributed by atoms with Crippen molar-refractivity contribution in [1.29, 1.82) is 0 Å². The van der Waals surface area contributed by atoms with E-state index in [0.29, 0.717) is 25.1 Å². The first-order valence-corrected chi connectivity index (χ1v) is 9.19. The molecule has 0 saturated carbocycles. The third-order valence-corrected chi connectivity index (χ3v) is 4.42. The molecule has 0 unspecified atom stereocenters. The number of benzene rings is 2. The van der Waals surface area contributed by atoms with Crippen LogP contribution in [-0.2, 0) is 25.8 Å². The van der Waals surface area contributed by atoms with Crippen LogP contribution in [0.25, 0.3) is 0 Å². The van der Waals surface area contributed by atoms with Gasteiger partial charge in [0.1, 0.15) is 5.82 Å². The van der Waals surface area contributed by atoms with E-state index in [1.54, 1.807) is 12.5 Å². The summed E-state index contributed by atoms with van der Waals surface area (Å²) in [5.74, 6) is -0.586. The second kappa shape index (κ2) is 9.43. The fraction of sp³-hybridized carbons (Fsp3) is 0.238. The van der Waals surface area contributed by atoms with Crippen molar-refractivity contribution < 1.29 is 17.6 Å². The Morgan fingerprint density at radius 1 is 1.07 bits per heavy atom. The van der Waals surface area contributed by atoms with Gasteiger partial charge < -0.3 is 15.2 Å². The van der Waals surface area contributed by atoms with E-state index in [1.807, 2.05) is 35.0 Å². The van der Waals surface area contributed by atoms with Gasteiger partial charge in [-0.2, -0.15) is 13.2 Å². The molecule has 0 aliphatic heterocycles. The maximum atomic E-state index is 13.2. The summed E-state index contributed by atoms with van der Waals surface area (Å²) in [5.41, 5.74) is 1.02. The van der Waals surface area contributed by atoms with Crippen LogP contribution < -0.4 is 10.6 Å². The number of hydrogen-bond acceptors (Lipinski definition) is 2. The molecule has 0 radical (unpaired) electrons. The quantitative estimate of drug-likeness (QED) is 0.361. The summed E-state index contributed by atoms with van der Waals surface area (Å²) in [7, 11) is 1.53. The number of hydrogen-bond donors (Lipinski definition) is 2. The second-order valence-corrected chi connectivity index (χ2v) is 6.63. The molecule has 1 aromatic heterocycles. The van der Waals surface area contributed by atoms with Crippen LogP contribution in [0, 0.1) is 5.82 Å². The first-order valence-electron chi connectivity index (χ1n) is 9.19. The van der Waals surface area contributed by atoms with Gasteiger partial charge in [-0.3, -0.25) is 4.99 Å². The van der Waals surface area contributed by atoms with E-state index in [-0.39, 0.29) is 12.1 Å². The van der Waals surface area contributed by atoms with Gasteiger partial charge in [-0.25, -0.2) is 9.37 Å². The molecule has 30 heavy (non-hydrogen) atoms. The fourth-order valence-electron chi connectivity index (χ4n) is 2.98. The summed E-state index contributed by atoms with van der Waals surface area (Å²) >= 11 is 0. The van der Waals surface area contributed by atoms with Crippen molar-refractivity contribution in [2.75, 3.05) is 7.05 Å². The normalized spacial score (nSPS) is 12.1. The Morgan fingerprint density at radius 2 is 1.83 bits per heavy atom. The van der Waals surface area contributed by atoms with Crippen LogP contribution in [0.2, 0.25) is 0 Å². The molecule has 3 aromatic rings. The van der Waals surface area contributed by atoms with Gasteiger partial charge in [-0.15, -0.1) is 0 Å². The molecule has 0 fully saturated rings. The lowest BCUT2D eigenvalue weighted by Crippen LogP contribution is -2.36. The Bertz CT molecular complexity index is 997. The van der Waals surface area contributed by atoms with Crippen molar-refractivity contribution in [3.05, 3.63) is 89.3 Å². The molecular weight excluding hydrogens is 398 g/mol. The minimum atomic E-state index is -4.63. The van der Waals surface area contributed by atoms with Crippen LogP contribution in [0.5, 0.6) is 0 Å². The maximum absolute atomic E-state index is 13.2. The van der Waals surface area contributed by atoms with Gasteiger partial charge in [0.2, 0.25) is 0 Å². The average molecular weight is 419 g/mol. The first-order chi connectivity index (χ1) is 14.3. The molecular formula is C21H21F4N5. The van der Waals surface area contributed by atoms with Crippen molar-refractivity contribution in [2.45, 2.75) is 25.8 Å². The minimum absolute atomic E-state index is 0.0609. The Balaban J connectivity index is 1.60. The molecule has 2 aromatic carbocycles. The topological polar surface area (TPSA) is 54.2 Å². The van der Waals surface area contributed by atoms with E-state index < -0.39 is 17.6 Å². The minimum Gasteiger partial charge on any atom is -0.352 e. The summed E-state index contributed by atoms with van der Waals surface area (Å²) in [4.78, 5) is 8.06. The number of rotatable bonds is 6. The van der Waals surface area contributed by atoms with Crippen molar-refractivity contribution >= 4 is 5.96 Å². The number of halogens is 4. The average Bonchev–Trinajstić information content (AvgIpc) is 3.21. The number of alkyl halides is 3. The zero-order valence-corrected chi connectivity index (χ0v) is 16.2. The van der Waals surface area contributed by atoms with Gasteiger partial charge in [-0.1, -0.05) is 30.3 Å². The Kier molecular flexibility index (Phi) is 6.71. The number of nitrogens with zero attached hydrogens (tertiary/aromatic N) is 3. The fourth-order valence-corrected chi connectivity index (χ4v) is 2.98. The molecule has 0 amide bonds. The molecule has 1 heterocycles. The van der Waals surface area contributed by atoms with Crippen LogP contribution in [0.3, 0.4) is 0 Å². The molecule has 0 saturated heterocycles. The van der Waals surface area contributed by atoms with Gasteiger partial charge in [0, 0.05) is 39.1 Å². The van der Waals surface area contributed by atoms with E-state index in [0.717, 1.165) is 23.3 Å². The summed E-state index contributed by atoms with van der Waals surface area (Å²) in [6, 6.07) is 10.5. The van der Waals surface area contributed by atoms with Gasteiger partial charge in [0.15, 0.2) is 5.96 Å². The van der Waals surface area contributed by atoms with Crippen molar-refractivity contribution in [1.82, 2.24) is 20.2 Å². The van der Waals surface area contributed by atoms with Crippen LogP contribution in [0.15, 0.2) is 66.2 Å². The monoisotopic (exact) mass is 419 g/mol. The SMILES string of the molecule is CN=C(NCc1cccc(Cn2ccnc2)c1)NCc1ccc(F)cc1C(F)(F)F. The number of imidazole rings is 1. The van der Waals surface area contributed by atoms with Crippen LogP contribution in [-0.4, -0.2) is 22.6 Å². The van der Waals surface area contributed by atoms with Crippen LogP contribution in [0.4, 0.5) is 17.6 Å². The highest BCUT2D eigenvalue weighted by Crippen LogP contribution is 2.32. The number of aliphatic imine (C=N–C) groups is 1. The van der Waals surface area contributed by atoms with Crippen molar-refractivity contribution in [3.63, 3.8) is 0 Å². The van der Waals surface area contributed by atoms with Gasteiger partial charge in [0.05, 0.1) is 11.9 Å². The van der Waals surface area contributed by atoms with Crippen molar-refractivity contribution in [3.8, 4) is 0 Å². The predicted molar refractivity (Wildman–Crippen MR) is 106 cm³/mol. The number of nitrogens with one attached hydrogen (secondary N) is 2. The van der Waals surface area contributed by atoms with E-state index in [4.69, 9.17) is 0 Å². The maximum Gasteiger partial charge on any atom is 0.416 e. The molecule has 0 bridgehead atoms. The summed E-state index contributed by atoms with van der Waals surface area (Å²) in [6.07, 6.45) is 0.695. The summed E-state index contributed by atoms with van der Waals surface area (Å²) < 4.78 is 54.6. The molecule has 0 spiro atoms. The molecule has 158 valence electrons. The molecule has 3 rings (SSSR count). The zero-order valence-electron chi connectivity index (χ0n) is 16.2. The van der Waals surface area contributed by atoms with Gasteiger partial charge >= 0.3 is 6.18 Å². The van der Waals surface area contributed by atoms with E-state index in [2.05, 4.69) is 20.6 Å². The van der Waals surface area contributed by atoms with E-state index in [9.17, 15) is 17.6 Å². The summed E-state index contributed by atoms with van der Waals surface area (Å²) in [6.45, 7) is 0.980. The number of aromatic nitrogens is 2. The largest absolute Gasteiger partial charge is 0.416 e. The Hall–Kier alpha value is -3.36. The lowest BCUT2D eigenvalue weighted by Gasteiger charge is -2.16. The van der Waals surface area contributed by atoms with Gasteiger partial charge in [0.25, 0.3) is 0 Å². The van der Waals surface area contributed by atoms with E-state index in [1.165, 1.54) is 7.05 Å². The second-order valence-electron chi connectivity index (χ2n) is 6.63. The highest BCUT2D eigenvalue weighted by atomic mass is 19.4. The molecule has 0 atom stereocenters. The standard InChI is InChI=1S/C21H21F4N5/c1-26-20(29-12-17-5-6-18(22)10-19(17)21(23,24)25)28-11-15-3-2-4-16(9-15)13-30-8-7-27-14-30/h2-10,14H,11-13H2,1H3,(H2,26,28,29). The number of guanidine groups is 1.